The largest absolute Gasteiger partial charge is 0.493 e. The summed E-state index contributed by atoms with van der Waals surface area (Å²) in [5.74, 6) is -2.04. The van der Waals surface area contributed by atoms with Gasteiger partial charge in [-0.05, 0) is 37.5 Å². The van der Waals surface area contributed by atoms with Crippen LogP contribution in [0.5, 0.6) is 11.5 Å². The van der Waals surface area contributed by atoms with Gasteiger partial charge in [-0.3, -0.25) is 0 Å². The van der Waals surface area contributed by atoms with E-state index in [0.717, 1.165) is 23.6 Å². The maximum absolute atomic E-state index is 9.10. The molecule has 0 heterocycles. The fraction of sp³-hybridized carbons (Fsp3) is 0.474. The smallest absolute Gasteiger partial charge is 0.414 e. The lowest BCUT2D eigenvalue weighted by Gasteiger charge is -2.14. The van der Waals surface area contributed by atoms with Crippen molar-refractivity contribution in [1.82, 2.24) is 5.32 Å². The first-order valence-electron chi connectivity index (χ1n) is 8.61. The van der Waals surface area contributed by atoms with Gasteiger partial charge >= 0.3 is 11.9 Å². The minimum atomic E-state index is -1.82. The van der Waals surface area contributed by atoms with Crippen molar-refractivity contribution in [2.75, 3.05) is 20.3 Å². The summed E-state index contributed by atoms with van der Waals surface area (Å²) in [5.41, 5.74) is 1.13. The van der Waals surface area contributed by atoms with Gasteiger partial charge < -0.3 is 25.0 Å². The third-order valence-electron chi connectivity index (χ3n) is 3.88. The van der Waals surface area contributed by atoms with Crippen molar-refractivity contribution in [2.24, 2.45) is 0 Å². The minimum Gasteiger partial charge on any atom is -0.493 e. The van der Waals surface area contributed by atoms with Gasteiger partial charge in [0.2, 0.25) is 0 Å². The van der Waals surface area contributed by atoms with Gasteiger partial charge in [-0.2, -0.15) is 0 Å². The van der Waals surface area contributed by atoms with Crippen LogP contribution in [-0.4, -0.2) is 48.5 Å². The number of carboxylic acids is 2. The van der Waals surface area contributed by atoms with E-state index in [4.69, 9.17) is 29.3 Å². The lowest BCUT2D eigenvalue weighted by atomic mass is 10.2. The Morgan fingerprint density at radius 3 is 2.38 bits per heavy atom. The zero-order chi connectivity index (χ0) is 19.4. The zero-order valence-corrected chi connectivity index (χ0v) is 15.2. The average molecular weight is 365 g/mol. The van der Waals surface area contributed by atoms with E-state index in [0.29, 0.717) is 12.6 Å². The third-order valence-corrected chi connectivity index (χ3v) is 3.88. The third kappa shape index (κ3) is 8.02. The number of ether oxygens (including phenoxy) is 2. The second-order valence-corrected chi connectivity index (χ2v) is 5.80. The molecule has 0 saturated heterocycles. The van der Waals surface area contributed by atoms with Crippen LogP contribution in [0.2, 0.25) is 0 Å². The molecule has 0 spiro atoms. The molecule has 1 fully saturated rings. The van der Waals surface area contributed by atoms with E-state index in [1.54, 1.807) is 7.11 Å². The summed E-state index contributed by atoms with van der Waals surface area (Å²) in [4.78, 5) is 18.2. The molecule has 0 aromatic heterocycles. The summed E-state index contributed by atoms with van der Waals surface area (Å²) in [7, 11) is 1.68. The van der Waals surface area contributed by atoms with Crippen molar-refractivity contribution in [3.05, 3.63) is 29.8 Å². The Kier molecular flexibility index (Phi) is 9.86. The van der Waals surface area contributed by atoms with E-state index in [-0.39, 0.29) is 0 Å². The molecule has 7 nitrogen and oxygen atoms in total. The lowest BCUT2D eigenvalue weighted by molar-refractivity contribution is -0.159. The van der Waals surface area contributed by atoms with Gasteiger partial charge in [0.1, 0.15) is 6.61 Å². The molecule has 1 aromatic rings. The second kappa shape index (κ2) is 11.9. The highest BCUT2D eigenvalue weighted by Gasteiger charge is 2.13. The van der Waals surface area contributed by atoms with Crippen LogP contribution < -0.4 is 14.8 Å². The van der Waals surface area contributed by atoms with Crippen LogP contribution in [0.25, 0.3) is 6.08 Å². The average Bonchev–Trinajstić information content (AvgIpc) is 3.13. The van der Waals surface area contributed by atoms with Crippen molar-refractivity contribution in [2.45, 2.75) is 38.6 Å². The Hall–Kier alpha value is -2.54. The van der Waals surface area contributed by atoms with Crippen molar-refractivity contribution in [1.29, 1.82) is 0 Å². The van der Waals surface area contributed by atoms with E-state index in [9.17, 15) is 0 Å². The Balaban J connectivity index is 0.000000487. The Morgan fingerprint density at radius 1 is 1.19 bits per heavy atom. The van der Waals surface area contributed by atoms with Gasteiger partial charge in [-0.25, -0.2) is 9.59 Å². The van der Waals surface area contributed by atoms with Crippen molar-refractivity contribution in [3.63, 3.8) is 0 Å². The summed E-state index contributed by atoms with van der Waals surface area (Å²) in [6, 6.07) is 6.71. The molecule has 2 rings (SSSR count). The molecule has 3 N–H and O–H groups in total. The quantitative estimate of drug-likeness (QED) is 0.504. The highest BCUT2D eigenvalue weighted by Crippen LogP contribution is 2.28. The standard InChI is InChI=1S/C17H25NO2.C2H2O4/c1-3-6-14-9-10-16(17(13-14)19-2)20-12-11-18-15-7-4-5-8-15;3-1(4)2(5)6/h3,6,9-10,13,15,18H,4-5,7-8,11-12H2,1-2H3;(H,3,4)(H,5,6)/b6-3+;. The molecule has 1 aliphatic carbocycles. The molecule has 0 unspecified atom stereocenters. The Labute approximate surface area is 153 Å². The number of aliphatic carboxylic acids is 2. The maximum atomic E-state index is 9.10. The van der Waals surface area contributed by atoms with Crippen LogP contribution in [0.15, 0.2) is 24.3 Å². The highest BCUT2D eigenvalue weighted by molar-refractivity contribution is 6.27. The molecule has 0 amide bonds. The van der Waals surface area contributed by atoms with Crippen LogP contribution >= 0.6 is 0 Å². The Bertz CT molecular complexity index is 596. The van der Waals surface area contributed by atoms with E-state index < -0.39 is 11.9 Å². The number of hydrogen-bond donors (Lipinski definition) is 3. The monoisotopic (exact) mass is 365 g/mol. The van der Waals surface area contributed by atoms with E-state index >= 15 is 0 Å². The summed E-state index contributed by atoms with van der Waals surface area (Å²) in [5, 5.41) is 18.3. The SMILES string of the molecule is C/C=C/c1ccc(OCCNC2CCCC2)c(OC)c1.O=C(O)C(=O)O. The van der Waals surface area contributed by atoms with Gasteiger partial charge in [-0.1, -0.05) is 31.1 Å². The topological polar surface area (TPSA) is 105 Å². The first kappa shape index (κ1) is 21.5. The van der Waals surface area contributed by atoms with Crippen LogP contribution in [0, 0.1) is 0 Å². The molecule has 1 aromatic carbocycles. The molecule has 7 heteroatoms. The van der Waals surface area contributed by atoms with Gasteiger partial charge in [0, 0.05) is 12.6 Å². The number of allylic oxidation sites excluding steroid dienone is 1. The molecular formula is C19H27NO6. The van der Waals surface area contributed by atoms with Crippen molar-refractivity contribution in [3.8, 4) is 11.5 Å². The number of rotatable bonds is 7. The van der Waals surface area contributed by atoms with Crippen molar-refractivity contribution >= 4 is 18.0 Å². The minimum absolute atomic E-state index is 0.676. The maximum Gasteiger partial charge on any atom is 0.414 e. The Morgan fingerprint density at radius 2 is 1.85 bits per heavy atom. The molecule has 1 aliphatic rings. The van der Waals surface area contributed by atoms with Crippen molar-refractivity contribution < 1.29 is 29.3 Å². The molecule has 0 bridgehead atoms. The predicted molar refractivity (Wildman–Crippen MR) is 98.7 cm³/mol. The van der Waals surface area contributed by atoms with Crippen LogP contribution in [0.3, 0.4) is 0 Å². The van der Waals surface area contributed by atoms with Gasteiger partial charge in [0.25, 0.3) is 0 Å². The first-order chi connectivity index (χ1) is 12.5. The fourth-order valence-corrected chi connectivity index (χ4v) is 2.65. The normalized spacial score (nSPS) is 13.9. The number of nitrogens with one attached hydrogen (secondary N) is 1. The first-order valence-corrected chi connectivity index (χ1v) is 8.61. The van der Waals surface area contributed by atoms with Gasteiger partial charge in [-0.15, -0.1) is 0 Å². The van der Waals surface area contributed by atoms with E-state index in [1.807, 2.05) is 37.3 Å². The van der Waals surface area contributed by atoms with Gasteiger partial charge in [0.05, 0.1) is 7.11 Å². The number of methoxy groups -OCH3 is 1. The molecule has 0 atom stereocenters. The van der Waals surface area contributed by atoms with Crippen LogP contribution in [0.4, 0.5) is 0 Å². The highest BCUT2D eigenvalue weighted by atomic mass is 16.5. The lowest BCUT2D eigenvalue weighted by Crippen LogP contribution is -2.30. The number of hydrogen-bond acceptors (Lipinski definition) is 5. The van der Waals surface area contributed by atoms with Crippen LogP contribution in [0.1, 0.15) is 38.2 Å². The summed E-state index contributed by atoms with van der Waals surface area (Å²) < 4.78 is 11.2. The molecule has 0 radical (unpaired) electrons. The molecular weight excluding hydrogens is 338 g/mol. The number of benzene rings is 1. The van der Waals surface area contributed by atoms with Gasteiger partial charge in [0.15, 0.2) is 11.5 Å². The molecule has 0 aliphatic heterocycles. The summed E-state index contributed by atoms with van der Waals surface area (Å²) >= 11 is 0. The molecule has 1 saturated carbocycles. The zero-order valence-electron chi connectivity index (χ0n) is 15.2. The van der Waals surface area contributed by atoms with E-state index in [2.05, 4.69) is 5.32 Å². The van der Waals surface area contributed by atoms with E-state index in [1.165, 1.54) is 25.7 Å². The molecule has 144 valence electrons. The fourth-order valence-electron chi connectivity index (χ4n) is 2.65. The summed E-state index contributed by atoms with van der Waals surface area (Å²) in [6.07, 6.45) is 9.40. The number of carbonyl (C=O) groups is 2. The predicted octanol–water partition coefficient (Wildman–Crippen LogP) is 2.79. The second-order valence-electron chi connectivity index (χ2n) is 5.80. The summed E-state index contributed by atoms with van der Waals surface area (Å²) in [6.45, 7) is 3.58. The number of carboxylic acid groups (broad SMARTS) is 2. The molecule has 26 heavy (non-hydrogen) atoms. The van der Waals surface area contributed by atoms with Crippen LogP contribution in [-0.2, 0) is 9.59 Å².